The molecule has 0 radical (unpaired) electrons. The van der Waals surface area contributed by atoms with Crippen molar-refractivity contribution < 1.29 is 17.9 Å². The summed E-state index contributed by atoms with van der Waals surface area (Å²) in [7, 11) is -2.93. The monoisotopic (exact) mass is 399 g/mol. The van der Waals surface area contributed by atoms with E-state index in [9.17, 15) is 13.2 Å². The maximum Gasteiger partial charge on any atom is 0.316 e. The second-order valence-electron chi connectivity index (χ2n) is 6.01. The molecule has 1 aliphatic rings. The van der Waals surface area contributed by atoms with E-state index >= 15 is 0 Å². The van der Waals surface area contributed by atoms with Gasteiger partial charge in [0.05, 0.1) is 33.5 Å². The number of benzene rings is 1. The average Bonchev–Trinajstić information content (AvgIpc) is 2.94. The molecule has 3 rings (SSSR count). The van der Waals surface area contributed by atoms with E-state index in [1.165, 1.54) is 11.8 Å². The third kappa shape index (κ3) is 4.46. The maximum atomic E-state index is 11.9. The fourth-order valence-electron chi connectivity index (χ4n) is 2.78. The number of aryl methyl sites for hydroxylation is 1. The molecule has 1 aliphatic heterocycles. The van der Waals surface area contributed by atoms with Crippen LogP contribution in [-0.4, -0.2) is 41.9 Å². The van der Waals surface area contributed by atoms with Crippen LogP contribution in [0.1, 0.15) is 17.7 Å². The number of hydrogen-bond donors (Lipinski definition) is 0. The number of para-hydroxylation sites is 1. The van der Waals surface area contributed by atoms with Crippen molar-refractivity contribution in [2.75, 3.05) is 17.3 Å². The van der Waals surface area contributed by atoms with Crippen LogP contribution in [0.2, 0.25) is 5.02 Å². The molecular formula is C17H18ClNO4S2. The minimum absolute atomic E-state index is 0.00681. The van der Waals surface area contributed by atoms with E-state index in [2.05, 4.69) is 4.98 Å². The van der Waals surface area contributed by atoms with Gasteiger partial charge in [-0.1, -0.05) is 29.8 Å². The molecule has 0 amide bonds. The Morgan fingerprint density at radius 2 is 2.16 bits per heavy atom. The Morgan fingerprint density at radius 3 is 2.88 bits per heavy atom. The van der Waals surface area contributed by atoms with E-state index in [0.717, 1.165) is 16.5 Å². The van der Waals surface area contributed by atoms with Gasteiger partial charge in [-0.05, 0) is 25.0 Å². The van der Waals surface area contributed by atoms with Gasteiger partial charge in [0.1, 0.15) is 6.61 Å². The minimum atomic E-state index is -2.93. The van der Waals surface area contributed by atoms with Gasteiger partial charge in [-0.3, -0.25) is 4.79 Å². The molecule has 5 nitrogen and oxygen atoms in total. The van der Waals surface area contributed by atoms with Crippen LogP contribution in [-0.2, 0) is 26.0 Å². The van der Waals surface area contributed by atoms with Crippen LogP contribution < -0.4 is 0 Å². The van der Waals surface area contributed by atoms with Crippen molar-refractivity contribution in [1.82, 2.24) is 4.98 Å². The Labute approximate surface area is 156 Å². The summed E-state index contributed by atoms with van der Waals surface area (Å²) >= 11 is 7.67. The number of nitrogens with zero attached hydrogens (tertiary/aromatic N) is 1. The average molecular weight is 400 g/mol. The molecule has 0 saturated carbocycles. The van der Waals surface area contributed by atoms with Gasteiger partial charge in [-0.2, -0.15) is 0 Å². The topological polar surface area (TPSA) is 73.3 Å². The van der Waals surface area contributed by atoms with Crippen LogP contribution >= 0.6 is 23.4 Å². The number of aromatic nitrogens is 1. The van der Waals surface area contributed by atoms with Crippen molar-refractivity contribution in [3.8, 4) is 0 Å². The van der Waals surface area contributed by atoms with Gasteiger partial charge in [0, 0.05) is 10.6 Å². The third-order valence-electron chi connectivity index (χ3n) is 4.14. The van der Waals surface area contributed by atoms with Crippen molar-refractivity contribution in [1.29, 1.82) is 0 Å². The molecule has 1 aromatic carbocycles. The molecule has 1 aromatic heterocycles. The van der Waals surface area contributed by atoms with Crippen LogP contribution in [0.3, 0.4) is 0 Å². The molecule has 0 N–H and O–H groups in total. The first-order valence-electron chi connectivity index (χ1n) is 7.87. The first-order chi connectivity index (χ1) is 11.9. The van der Waals surface area contributed by atoms with Crippen molar-refractivity contribution in [3.63, 3.8) is 0 Å². The van der Waals surface area contributed by atoms with Crippen LogP contribution in [0.25, 0.3) is 10.9 Å². The highest BCUT2D eigenvalue weighted by Crippen LogP contribution is 2.28. The Hall–Kier alpha value is -1.31. The number of halogens is 1. The summed E-state index contributed by atoms with van der Waals surface area (Å²) in [5, 5.41) is 1.45. The second-order valence-corrected chi connectivity index (χ2v) is 9.91. The van der Waals surface area contributed by atoms with E-state index in [1.54, 1.807) is 0 Å². The summed E-state index contributed by atoms with van der Waals surface area (Å²) in [5.41, 5.74) is 2.24. The van der Waals surface area contributed by atoms with Gasteiger partial charge >= 0.3 is 5.97 Å². The normalized spacial score (nSPS) is 19.2. The van der Waals surface area contributed by atoms with Crippen molar-refractivity contribution in [2.24, 2.45) is 0 Å². The number of thioether (sulfide) groups is 1. The van der Waals surface area contributed by atoms with E-state index in [4.69, 9.17) is 16.3 Å². The lowest BCUT2D eigenvalue weighted by atomic mass is 10.1. The molecule has 1 atom stereocenters. The lowest BCUT2D eigenvalue weighted by Gasteiger charge is -2.11. The predicted molar refractivity (Wildman–Crippen MR) is 101 cm³/mol. The van der Waals surface area contributed by atoms with Crippen LogP contribution in [0.4, 0.5) is 0 Å². The van der Waals surface area contributed by atoms with Crippen LogP contribution in [0.15, 0.2) is 24.3 Å². The van der Waals surface area contributed by atoms with Gasteiger partial charge in [0.15, 0.2) is 9.84 Å². The minimum Gasteiger partial charge on any atom is -0.458 e. The Bertz CT molecular complexity index is 914. The van der Waals surface area contributed by atoms with Crippen molar-refractivity contribution in [2.45, 2.75) is 25.2 Å². The molecule has 0 unspecified atom stereocenters. The fourth-order valence-corrected chi connectivity index (χ4v) is 6.42. The number of ether oxygens (including phenoxy) is 1. The Kier molecular flexibility index (Phi) is 5.55. The van der Waals surface area contributed by atoms with Crippen LogP contribution in [0.5, 0.6) is 0 Å². The number of carbonyl (C=O) groups is 1. The zero-order valence-corrected chi connectivity index (χ0v) is 16.1. The molecule has 1 fully saturated rings. The molecule has 0 spiro atoms. The molecule has 25 heavy (non-hydrogen) atoms. The lowest BCUT2D eigenvalue weighted by molar-refractivity contribution is -0.141. The first kappa shape index (κ1) is 18.5. The number of esters is 1. The first-order valence-corrected chi connectivity index (χ1v) is 11.1. The van der Waals surface area contributed by atoms with Gasteiger partial charge in [0.2, 0.25) is 0 Å². The van der Waals surface area contributed by atoms with Gasteiger partial charge < -0.3 is 4.74 Å². The van der Waals surface area contributed by atoms with E-state index < -0.39 is 15.8 Å². The molecule has 8 heteroatoms. The van der Waals surface area contributed by atoms with E-state index in [-0.39, 0.29) is 29.1 Å². The second kappa shape index (κ2) is 7.51. The Morgan fingerprint density at radius 1 is 1.40 bits per heavy atom. The molecule has 2 heterocycles. The number of rotatable bonds is 5. The highest BCUT2D eigenvalue weighted by molar-refractivity contribution is 8.02. The predicted octanol–water partition coefficient (Wildman–Crippen LogP) is 3.16. The number of sulfone groups is 1. The molecule has 134 valence electrons. The molecule has 2 aromatic rings. The highest BCUT2D eigenvalue weighted by atomic mass is 35.5. The SMILES string of the molecule is Cc1c(Cl)c(COC(=O)CS[C@@H]2CCS(=O)(=O)C2)nc2ccccc12. The van der Waals surface area contributed by atoms with E-state index in [0.29, 0.717) is 17.1 Å². The Balaban J connectivity index is 1.59. The summed E-state index contributed by atoms with van der Waals surface area (Å²) in [6.07, 6.45) is 0.595. The number of pyridine rings is 1. The molecule has 1 saturated heterocycles. The summed E-state index contributed by atoms with van der Waals surface area (Å²) in [6.45, 7) is 1.92. The van der Waals surface area contributed by atoms with E-state index in [1.807, 2.05) is 31.2 Å². The number of fused-ring (bicyclic) bond motifs is 1. The zero-order valence-electron chi connectivity index (χ0n) is 13.7. The van der Waals surface area contributed by atoms with Gasteiger partial charge in [0.25, 0.3) is 0 Å². The summed E-state index contributed by atoms with van der Waals surface area (Å²) in [4.78, 5) is 16.4. The standard InChI is InChI=1S/C17H18ClNO4S2/c1-11-13-4-2-3-5-14(13)19-15(17(11)18)8-23-16(20)9-24-12-6-7-25(21,22)10-12/h2-5,12H,6-10H2,1H3/t12-/m1/s1. The lowest BCUT2D eigenvalue weighted by Crippen LogP contribution is -2.13. The summed E-state index contributed by atoms with van der Waals surface area (Å²) in [5.74, 6) is 0.0836. The van der Waals surface area contributed by atoms with Crippen molar-refractivity contribution >= 4 is 50.1 Å². The van der Waals surface area contributed by atoms with Crippen molar-refractivity contribution in [3.05, 3.63) is 40.5 Å². The summed E-state index contributed by atoms with van der Waals surface area (Å²) in [6, 6.07) is 7.66. The smallest absolute Gasteiger partial charge is 0.316 e. The highest BCUT2D eigenvalue weighted by Gasteiger charge is 2.28. The largest absolute Gasteiger partial charge is 0.458 e. The molecule has 0 bridgehead atoms. The van der Waals surface area contributed by atoms with Crippen LogP contribution in [0, 0.1) is 6.92 Å². The number of carbonyl (C=O) groups excluding carboxylic acids is 1. The fraction of sp³-hybridized carbons (Fsp3) is 0.412. The van der Waals surface area contributed by atoms with Gasteiger partial charge in [-0.25, -0.2) is 13.4 Å². The molecular weight excluding hydrogens is 382 g/mol. The molecule has 0 aliphatic carbocycles. The third-order valence-corrected chi connectivity index (χ3v) is 7.90. The quantitative estimate of drug-likeness (QED) is 0.719. The number of hydrogen-bond acceptors (Lipinski definition) is 6. The zero-order chi connectivity index (χ0) is 18.0. The van der Waals surface area contributed by atoms with Gasteiger partial charge in [-0.15, -0.1) is 11.8 Å². The maximum absolute atomic E-state index is 11.9. The summed E-state index contributed by atoms with van der Waals surface area (Å²) < 4.78 is 28.1.